The second kappa shape index (κ2) is 8.53. The van der Waals surface area contributed by atoms with Crippen LogP contribution in [0.5, 0.6) is 0 Å². The van der Waals surface area contributed by atoms with Crippen LogP contribution in [0.25, 0.3) is 0 Å². The van der Waals surface area contributed by atoms with Crippen LogP contribution in [0, 0.1) is 5.92 Å². The molecule has 7 heteroatoms. The van der Waals surface area contributed by atoms with Gasteiger partial charge in [-0.15, -0.1) is 11.3 Å². The van der Waals surface area contributed by atoms with Crippen molar-refractivity contribution >= 4 is 33.1 Å². The van der Waals surface area contributed by atoms with E-state index in [1.54, 1.807) is 11.4 Å². The minimum atomic E-state index is -3.34. The minimum Gasteiger partial charge on any atom is -0.312 e. The Morgan fingerprint density at radius 2 is 2.10 bits per heavy atom. The van der Waals surface area contributed by atoms with Crippen molar-refractivity contribution < 1.29 is 8.42 Å². The summed E-state index contributed by atoms with van der Waals surface area (Å²) in [6.07, 6.45) is 3.31. The van der Waals surface area contributed by atoms with Crippen LogP contribution in [0.1, 0.15) is 31.1 Å². The maximum atomic E-state index is 12.3. The van der Waals surface area contributed by atoms with Gasteiger partial charge in [0.1, 0.15) is 0 Å². The van der Waals surface area contributed by atoms with Crippen molar-refractivity contribution in [3.05, 3.63) is 16.3 Å². The van der Waals surface area contributed by atoms with Gasteiger partial charge in [0, 0.05) is 23.3 Å². The van der Waals surface area contributed by atoms with Crippen LogP contribution in [-0.2, 0) is 16.6 Å². The maximum absolute atomic E-state index is 12.3. The first kappa shape index (κ1) is 17.3. The Balaban J connectivity index is 1.86. The molecule has 1 fully saturated rings. The lowest BCUT2D eigenvalue weighted by atomic mass is 10.0. The number of nitrogens with one attached hydrogen (secondary N) is 2. The number of hydrogen-bond donors (Lipinski definition) is 2. The molecule has 2 heterocycles. The Bertz CT molecular complexity index is 522. The van der Waals surface area contributed by atoms with E-state index < -0.39 is 10.0 Å². The second-order valence-corrected chi connectivity index (χ2v) is 9.32. The Morgan fingerprint density at radius 3 is 2.81 bits per heavy atom. The molecule has 0 aromatic carbocycles. The molecule has 0 spiro atoms. The molecule has 0 atom stereocenters. The van der Waals surface area contributed by atoms with E-state index in [-0.39, 0.29) is 0 Å². The van der Waals surface area contributed by atoms with Gasteiger partial charge in [0.15, 0.2) is 0 Å². The third kappa shape index (κ3) is 5.56. The standard InChI is InChI=1S/C14H24N2O2S3/c1-2-5-15-10-13-8-14(11-20-13)21(17,18)16-9-12-3-6-19-7-4-12/h8,11-12,15-16H,2-7,9-10H2,1H3. The molecule has 120 valence electrons. The summed E-state index contributed by atoms with van der Waals surface area (Å²) in [5.74, 6) is 2.79. The molecule has 1 aromatic rings. The summed E-state index contributed by atoms with van der Waals surface area (Å²) in [6.45, 7) is 4.39. The van der Waals surface area contributed by atoms with E-state index in [9.17, 15) is 8.42 Å². The summed E-state index contributed by atoms with van der Waals surface area (Å²) < 4.78 is 27.4. The normalized spacial score (nSPS) is 17.2. The predicted molar refractivity (Wildman–Crippen MR) is 91.6 cm³/mol. The van der Waals surface area contributed by atoms with Crippen molar-refractivity contribution in [3.8, 4) is 0 Å². The van der Waals surface area contributed by atoms with Gasteiger partial charge in [0.25, 0.3) is 0 Å². The van der Waals surface area contributed by atoms with Crippen molar-refractivity contribution in [2.24, 2.45) is 5.92 Å². The fourth-order valence-corrected chi connectivity index (χ4v) is 5.81. The molecule has 1 aliphatic rings. The van der Waals surface area contributed by atoms with Crippen molar-refractivity contribution in [2.75, 3.05) is 24.6 Å². The highest BCUT2D eigenvalue weighted by Gasteiger charge is 2.20. The molecule has 1 aliphatic heterocycles. The van der Waals surface area contributed by atoms with Gasteiger partial charge in [-0.25, -0.2) is 13.1 Å². The monoisotopic (exact) mass is 348 g/mol. The minimum absolute atomic E-state index is 0.408. The molecule has 0 amide bonds. The molecule has 0 radical (unpaired) electrons. The van der Waals surface area contributed by atoms with Gasteiger partial charge in [0.2, 0.25) is 10.0 Å². The van der Waals surface area contributed by atoms with Crippen LogP contribution in [0.3, 0.4) is 0 Å². The lowest BCUT2D eigenvalue weighted by molar-refractivity contribution is 0.477. The zero-order valence-corrected chi connectivity index (χ0v) is 14.9. The molecule has 1 aromatic heterocycles. The van der Waals surface area contributed by atoms with E-state index in [0.29, 0.717) is 17.4 Å². The Hall–Kier alpha value is -0.0800. The molecule has 0 aliphatic carbocycles. The van der Waals surface area contributed by atoms with Crippen molar-refractivity contribution in [3.63, 3.8) is 0 Å². The quantitative estimate of drug-likeness (QED) is 0.709. The SMILES string of the molecule is CCCNCc1cc(S(=O)(=O)NCC2CCSCC2)cs1. The van der Waals surface area contributed by atoms with E-state index in [1.165, 1.54) is 11.3 Å². The first-order valence-corrected chi connectivity index (χ1v) is 11.0. The number of sulfonamides is 1. The fraction of sp³-hybridized carbons (Fsp3) is 0.714. The van der Waals surface area contributed by atoms with E-state index >= 15 is 0 Å². The lowest BCUT2D eigenvalue weighted by Gasteiger charge is -2.21. The highest BCUT2D eigenvalue weighted by Crippen LogP contribution is 2.23. The molecular formula is C14H24N2O2S3. The topological polar surface area (TPSA) is 58.2 Å². The molecular weight excluding hydrogens is 324 g/mol. The third-order valence-corrected chi connectivity index (χ3v) is 7.11. The molecule has 2 N–H and O–H groups in total. The van der Waals surface area contributed by atoms with Gasteiger partial charge in [-0.05, 0) is 49.3 Å². The van der Waals surface area contributed by atoms with Crippen LogP contribution in [-0.4, -0.2) is 33.0 Å². The lowest BCUT2D eigenvalue weighted by Crippen LogP contribution is -2.30. The van der Waals surface area contributed by atoms with Gasteiger partial charge in [-0.3, -0.25) is 0 Å². The first-order chi connectivity index (χ1) is 10.1. The fourth-order valence-electron chi connectivity index (χ4n) is 2.24. The number of thiophene rings is 1. The predicted octanol–water partition coefficient (Wildman–Crippen LogP) is 2.67. The van der Waals surface area contributed by atoms with Gasteiger partial charge >= 0.3 is 0 Å². The smallest absolute Gasteiger partial charge is 0.241 e. The summed E-state index contributed by atoms with van der Waals surface area (Å²) in [6, 6.07) is 1.78. The maximum Gasteiger partial charge on any atom is 0.241 e. The highest BCUT2D eigenvalue weighted by atomic mass is 32.2. The zero-order chi connectivity index (χ0) is 15.1. The molecule has 0 unspecified atom stereocenters. The van der Waals surface area contributed by atoms with Gasteiger partial charge in [-0.2, -0.15) is 11.8 Å². The average molecular weight is 349 g/mol. The average Bonchev–Trinajstić information content (AvgIpc) is 2.96. The summed E-state index contributed by atoms with van der Waals surface area (Å²) >= 11 is 3.46. The Kier molecular flexibility index (Phi) is 7.01. The summed E-state index contributed by atoms with van der Waals surface area (Å²) in [7, 11) is -3.34. The molecule has 0 saturated carbocycles. The van der Waals surface area contributed by atoms with Crippen LogP contribution in [0.15, 0.2) is 16.3 Å². The Morgan fingerprint density at radius 1 is 1.33 bits per heavy atom. The second-order valence-electron chi connectivity index (χ2n) is 5.33. The van der Waals surface area contributed by atoms with Gasteiger partial charge in [0.05, 0.1) is 4.90 Å². The van der Waals surface area contributed by atoms with Crippen molar-refractivity contribution in [1.29, 1.82) is 0 Å². The summed E-state index contributed by atoms with van der Waals surface area (Å²) in [5.41, 5.74) is 0. The van der Waals surface area contributed by atoms with Crippen molar-refractivity contribution in [1.82, 2.24) is 10.0 Å². The highest BCUT2D eigenvalue weighted by molar-refractivity contribution is 7.99. The largest absolute Gasteiger partial charge is 0.312 e. The van der Waals surface area contributed by atoms with E-state index in [2.05, 4.69) is 17.0 Å². The van der Waals surface area contributed by atoms with E-state index in [0.717, 1.165) is 48.7 Å². The number of thioether (sulfide) groups is 1. The number of rotatable bonds is 8. The molecule has 21 heavy (non-hydrogen) atoms. The zero-order valence-electron chi connectivity index (χ0n) is 12.4. The first-order valence-electron chi connectivity index (χ1n) is 7.47. The van der Waals surface area contributed by atoms with E-state index in [4.69, 9.17) is 0 Å². The number of hydrogen-bond acceptors (Lipinski definition) is 5. The van der Waals surface area contributed by atoms with Crippen LogP contribution < -0.4 is 10.0 Å². The van der Waals surface area contributed by atoms with Crippen LogP contribution >= 0.6 is 23.1 Å². The van der Waals surface area contributed by atoms with E-state index in [1.807, 2.05) is 11.8 Å². The third-order valence-electron chi connectivity index (χ3n) is 3.57. The molecule has 0 bridgehead atoms. The van der Waals surface area contributed by atoms with Gasteiger partial charge < -0.3 is 5.32 Å². The molecule has 2 rings (SSSR count). The van der Waals surface area contributed by atoms with Gasteiger partial charge in [-0.1, -0.05) is 6.92 Å². The Labute approximate surface area is 136 Å². The summed E-state index contributed by atoms with van der Waals surface area (Å²) in [4.78, 5) is 1.48. The molecule has 1 saturated heterocycles. The molecule has 4 nitrogen and oxygen atoms in total. The van der Waals surface area contributed by atoms with Crippen molar-refractivity contribution in [2.45, 2.75) is 37.6 Å². The van der Waals surface area contributed by atoms with Crippen LogP contribution in [0.2, 0.25) is 0 Å². The van der Waals surface area contributed by atoms with Crippen LogP contribution in [0.4, 0.5) is 0 Å². The summed E-state index contributed by atoms with van der Waals surface area (Å²) in [5, 5.41) is 5.03.